The number of hydrogen-bond acceptors (Lipinski definition) is 5. The van der Waals surface area contributed by atoms with Crippen molar-refractivity contribution in [2.75, 3.05) is 11.8 Å². The molecule has 0 fully saturated rings. The van der Waals surface area contributed by atoms with E-state index >= 15 is 0 Å². The van der Waals surface area contributed by atoms with Gasteiger partial charge in [0.25, 0.3) is 10.0 Å². The number of aryl methyl sites for hydroxylation is 1. The maximum absolute atomic E-state index is 12.6. The van der Waals surface area contributed by atoms with Crippen molar-refractivity contribution in [2.24, 2.45) is 0 Å². The van der Waals surface area contributed by atoms with Crippen LogP contribution in [0.4, 0.5) is 5.69 Å². The van der Waals surface area contributed by atoms with Gasteiger partial charge < -0.3 is 4.74 Å². The molecular weight excluding hydrogens is 416 g/mol. The van der Waals surface area contributed by atoms with Crippen molar-refractivity contribution >= 4 is 27.0 Å². The molecule has 0 aliphatic carbocycles. The number of sulfonamides is 1. The van der Waals surface area contributed by atoms with Crippen LogP contribution in [-0.4, -0.2) is 20.5 Å². The molecule has 1 N–H and O–H groups in total. The first kappa shape index (κ1) is 20.1. The number of nitrogens with one attached hydrogen (secondary N) is 1. The van der Waals surface area contributed by atoms with Crippen molar-refractivity contribution in [2.45, 2.75) is 11.8 Å². The highest BCUT2D eigenvalue weighted by molar-refractivity contribution is 7.92. The zero-order valence-corrected chi connectivity index (χ0v) is 18.1. The number of benzene rings is 3. The summed E-state index contributed by atoms with van der Waals surface area (Å²) in [5.41, 5.74) is 3.42. The van der Waals surface area contributed by atoms with E-state index in [1.165, 1.54) is 19.2 Å². The zero-order valence-electron chi connectivity index (χ0n) is 16.5. The molecule has 7 heteroatoms. The summed E-state index contributed by atoms with van der Waals surface area (Å²) in [4.78, 5) is 6.07. The van der Waals surface area contributed by atoms with Gasteiger partial charge in [-0.2, -0.15) is 0 Å². The fourth-order valence-corrected chi connectivity index (χ4v) is 5.03. The minimum absolute atomic E-state index is 0.176. The molecule has 0 aliphatic heterocycles. The Morgan fingerprint density at radius 3 is 2.17 bits per heavy atom. The van der Waals surface area contributed by atoms with Crippen LogP contribution >= 0.6 is 11.3 Å². The van der Waals surface area contributed by atoms with Gasteiger partial charge in [-0.1, -0.05) is 42.5 Å². The molecule has 30 heavy (non-hydrogen) atoms. The highest BCUT2D eigenvalue weighted by Crippen LogP contribution is 2.33. The van der Waals surface area contributed by atoms with E-state index in [1.807, 2.05) is 49.4 Å². The summed E-state index contributed by atoms with van der Waals surface area (Å²) < 4.78 is 32.9. The summed E-state index contributed by atoms with van der Waals surface area (Å²) in [5, 5.41) is 0.965. The molecule has 0 saturated carbocycles. The van der Waals surface area contributed by atoms with E-state index in [-0.39, 0.29) is 4.90 Å². The number of aromatic nitrogens is 1. The Labute approximate surface area is 180 Å². The van der Waals surface area contributed by atoms with E-state index in [4.69, 9.17) is 9.72 Å². The molecule has 1 aromatic heterocycles. The lowest BCUT2D eigenvalue weighted by Crippen LogP contribution is -2.12. The first-order valence-corrected chi connectivity index (χ1v) is 11.6. The predicted molar refractivity (Wildman–Crippen MR) is 122 cm³/mol. The van der Waals surface area contributed by atoms with Crippen LogP contribution in [0.15, 0.2) is 83.8 Å². The van der Waals surface area contributed by atoms with E-state index in [0.29, 0.717) is 11.4 Å². The first-order valence-electron chi connectivity index (χ1n) is 9.26. The SMILES string of the molecule is COc1ccc(S(=O)(=O)Nc2ccc(-c3nc(-c4ccccc4)sc3C)cc2)cc1. The van der Waals surface area contributed by atoms with Crippen LogP contribution < -0.4 is 9.46 Å². The third-order valence-electron chi connectivity index (χ3n) is 4.60. The molecule has 5 nitrogen and oxygen atoms in total. The Morgan fingerprint density at radius 2 is 1.53 bits per heavy atom. The molecule has 4 rings (SSSR count). The summed E-state index contributed by atoms with van der Waals surface area (Å²) in [5.74, 6) is 0.604. The van der Waals surface area contributed by atoms with Crippen molar-refractivity contribution in [3.63, 3.8) is 0 Å². The second-order valence-corrected chi connectivity index (χ2v) is 9.53. The van der Waals surface area contributed by atoms with Crippen LogP contribution in [0, 0.1) is 6.92 Å². The molecule has 0 aliphatic rings. The van der Waals surface area contributed by atoms with Gasteiger partial charge in [0.15, 0.2) is 0 Å². The fourth-order valence-electron chi connectivity index (χ4n) is 3.03. The minimum Gasteiger partial charge on any atom is -0.497 e. The Morgan fingerprint density at radius 1 is 0.867 bits per heavy atom. The third-order valence-corrected chi connectivity index (χ3v) is 7.01. The van der Waals surface area contributed by atoms with Crippen molar-refractivity contribution in [1.29, 1.82) is 0 Å². The zero-order chi connectivity index (χ0) is 21.1. The van der Waals surface area contributed by atoms with Gasteiger partial charge in [-0.3, -0.25) is 4.72 Å². The number of methoxy groups -OCH3 is 1. The fraction of sp³-hybridized carbons (Fsp3) is 0.0870. The highest BCUT2D eigenvalue weighted by Gasteiger charge is 2.15. The average Bonchev–Trinajstić information content (AvgIpc) is 3.16. The molecule has 0 spiro atoms. The lowest BCUT2D eigenvalue weighted by Gasteiger charge is -2.09. The van der Waals surface area contributed by atoms with Gasteiger partial charge >= 0.3 is 0 Å². The quantitative estimate of drug-likeness (QED) is 0.427. The van der Waals surface area contributed by atoms with Crippen LogP contribution in [0.1, 0.15) is 4.88 Å². The largest absolute Gasteiger partial charge is 0.497 e. The van der Waals surface area contributed by atoms with Crippen LogP contribution in [0.5, 0.6) is 5.75 Å². The Bertz CT molecular complexity index is 1250. The Kier molecular flexibility index (Phi) is 5.57. The van der Waals surface area contributed by atoms with Crippen molar-refractivity contribution in [3.8, 4) is 27.6 Å². The molecule has 0 radical (unpaired) electrons. The monoisotopic (exact) mass is 436 g/mol. The van der Waals surface area contributed by atoms with Crippen LogP contribution in [0.3, 0.4) is 0 Å². The maximum atomic E-state index is 12.6. The van der Waals surface area contributed by atoms with Gasteiger partial charge in [-0.15, -0.1) is 11.3 Å². The lowest BCUT2D eigenvalue weighted by atomic mass is 10.1. The van der Waals surface area contributed by atoms with Gasteiger partial charge in [0.1, 0.15) is 10.8 Å². The average molecular weight is 437 g/mol. The van der Waals surface area contributed by atoms with Crippen molar-refractivity contribution < 1.29 is 13.2 Å². The molecular formula is C23H20N2O3S2. The summed E-state index contributed by atoms with van der Waals surface area (Å²) in [6, 6.07) is 23.6. The second kappa shape index (κ2) is 8.30. The van der Waals surface area contributed by atoms with Crippen molar-refractivity contribution in [3.05, 3.63) is 83.7 Å². The molecule has 0 atom stereocenters. The lowest BCUT2D eigenvalue weighted by molar-refractivity contribution is 0.414. The number of thiazole rings is 1. The van der Waals surface area contributed by atoms with Gasteiger partial charge in [-0.05, 0) is 43.3 Å². The minimum atomic E-state index is -3.67. The second-order valence-electron chi connectivity index (χ2n) is 6.65. The summed E-state index contributed by atoms with van der Waals surface area (Å²) in [6.45, 7) is 2.04. The van der Waals surface area contributed by atoms with Crippen LogP contribution in [0.2, 0.25) is 0 Å². The highest BCUT2D eigenvalue weighted by atomic mass is 32.2. The van der Waals surface area contributed by atoms with E-state index in [9.17, 15) is 8.42 Å². The van der Waals surface area contributed by atoms with Gasteiger partial charge in [0.2, 0.25) is 0 Å². The van der Waals surface area contributed by atoms with Gasteiger partial charge in [0, 0.05) is 21.7 Å². The number of hydrogen-bond donors (Lipinski definition) is 1. The molecule has 0 unspecified atom stereocenters. The summed E-state index contributed by atoms with van der Waals surface area (Å²) in [6.07, 6.45) is 0. The number of anilines is 1. The summed E-state index contributed by atoms with van der Waals surface area (Å²) >= 11 is 1.64. The molecule has 0 bridgehead atoms. The number of nitrogens with zero attached hydrogens (tertiary/aromatic N) is 1. The maximum Gasteiger partial charge on any atom is 0.261 e. The van der Waals surface area contributed by atoms with Crippen LogP contribution in [-0.2, 0) is 10.0 Å². The normalized spacial score (nSPS) is 11.3. The molecule has 0 amide bonds. The topological polar surface area (TPSA) is 68.3 Å². The standard InChI is InChI=1S/C23H20N2O3S2/c1-16-22(24-23(29-16)18-6-4-3-5-7-18)17-8-10-19(11-9-17)25-30(26,27)21-14-12-20(28-2)13-15-21/h3-15,25H,1-2H3. The molecule has 1 heterocycles. The van der Waals surface area contributed by atoms with Crippen molar-refractivity contribution in [1.82, 2.24) is 4.98 Å². The predicted octanol–water partition coefficient (Wildman–Crippen LogP) is 5.59. The molecule has 3 aromatic carbocycles. The molecule has 152 valence electrons. The van der Waals surface area contributed by atoms with Gasteiger partial charge in [-0.25, -0.2) is 13.4 Å². The van der Waals surface area contributed by atoms with E-state index in [2.05, 4.69) is 4.72 Å². The number of rotatable bonds is 6. The van der Waals surface area contributed by atoms with Gasteiger partial charge in [0.05, 0.1) is 17.7 Å². The third kappa shape index (κ3) is 4.22. The van der Waals surface area contributed by atoms with E-state index < -0.39 is 10.0 Å². The smallest absolute Gasteiger partial charge is 0.261 e. The van der Waals surface area contributed by atoms with Crippen LogP contribution in [0.25, 0.3) is 21.8 Å². The molecule has 4 aromatic rings. The Balaban J connectivity index is 1.55. The summed E-state index contributed by atoms with van der Waals surface area (Å²) in [7, 11) is -2.14. The first-order chi connectivity index (χ1) is 14.5. The van der Waals surface area contributed by atoms with E-state index in [0.717, 1.165) is 26.7 Å². The molecule has 0 saturated heterocycles. The number of ether oxygens (including phenoxy) is 1. The Hall–Kier alpha value is -3.16. The van der Waals surface area contributed by atoms with E-state index in [1.54, 1.807) is 35.6 Å².